The molecular formula is C24H25F4N7O3. The molecule has 0 aliphatic carbocycles. The normalized spacial score (nSPS) is 19.6. The van der Waals surface area contributed by atoms with E-state index in [1.54, 1.807) is 24.8 Å². The second-order valence-electron chi connectivity index (χ2n) is 9.52. The maximum Gasteiger partial charge on any atom is 0.451 e. The van der Waals surface area contributed by atoms with Gasteiger partial charge in [0.1, 0.15) is 12.4 Å². The molecule has 38 heavy (non-hydrogen) atoms. The fraction of sp³-hybridized carbons (Fsp3) is 0.458. The summed E-state index contributed by atoms with van der Waals surface area (Å²) in [5.41, 5.74) is 0.310. The van der Waals surface area contributed by atoms with E-state index < -0.39 is 29.3 Å². The fourth-order valence-corrected chi connectivity index (χ4v) is 4.83. The molecular weight excluding hydrogens is 510 g/mol. The van der Waals surface area contributed by atoms with Crippen LogP contribution in [0.15, 0.2) is 18.3 Å². The standard InChI is InChI=1S/C24H25F4N7O3/c1-12(14-8-18(37-4)29-9-16(14)25)21(36)35-6-5-23(10-35)11-38-17-7-15(13(2)30-20(17)32-23)19-31-22(24(26,27)28)34(3)33-19/h7-9,12H,5-6,10-11H2,1-4H3,(H,30,32)/t12-,23+/m1/s1. The molecule has 14 heteroatoms. The van der Waals surface area contributed by atoms with Gasteiger partial charge in [-0.15, -0.1) is 0 Å². The monoisotopic (exact) mass is 535 g/mol. The molecule has 0 unspecified atom stereocenters. The molecule has 5 heterocycles. The van der Waals surface area contributed by atoms with Crippen molar-refractivity contribution in [3.8, 4) is 23.0 Å². The summed E-state index contributed by atoms with van der Waals surface area (Å²) in [5.74, 6) is -1.83. The highest BCUT2D eigenvalue weighted by molar-refractivity contribution is 5.84. The zero-order chi connectivity index (χ0) is 27.4. The van der Waals surface area contributed by atoms with Gasteiger partial charge in [-0.1, -0.05) is 0 Å². The summed E-state index contributed by atoms with van der Waals surface area (Å²) in [6, 6.07) is 2.98. The molecule has 1 amide bonds. The van der Waals surface area contributed by atoms with Crippen molar-refractivity contribution >= 4 is 11.7 Å². The van der Waals surface area contributed by atoms with Gasteiger partial charge in [0, 0.05) is 37.3 Å². The number of nitrogens with one attached hydrogen (secondary N) is 1. The third-order valence-electron chi connectivity index (χ3n) is 6.89. The number of carbonyl (C=O) groups is 1. The van der Waals surface area contributed by atoms with Crippen molar-refractivity contribution < 1.29 is 31.8 Å². The number of pyridine rings is 2. The number of nitrogens with zero attached hydrogens (tertiary/aromatic N) is 6. The number of hydrogen-bond donors (Lipinski definition) is 1. The van der Waals surface area contributed by atoms with Crippen LogP contribution in [-0.4, -0.2) is 67.9 Å². The van der Waals surface area contributed by atoms with Crippen LogP contribution >= 0.6 is 0 Å². The van der Waals surface area contributed by atoms with Gasteiger partial charge in [0.2, 0.25) is 17.6 Å². The van der Waals surface area contributed by atoms with Gasteiger partial charge in [0.25, 0.3) is 0 Å². The highest BCUT2D eigenvalue weighted by Gasteiger charge is 2.45. The molecule has 202 valence electrons. The Bertz CT molecular complexity index is 1410. The van der Waals surface area contributed by atoms with Gasteiger partial charge in [-0.25, -0.2) is 24.0 Å². The number of rotatable bonds is 4. The molecule has 1 N–H and O–H groups in total. The number of aryl methyl sites for hydroxylation is 2. The van der Waals surface area contributed by atoms with E-state index in [1.807, 2.05) is 0 Å². The van der Waals surface area contributed by atoms with Crippen molar-refractivity contribution in [1.82, 2.24) is 29.6 Å². The maximum absolute atomic E-state index is 14.4. The molecule has 3 aromatic rings. The lowest BCUT2D eigenvalue weighted by atomic mass is 9.97. The highest BCUT2D eigenvalue weighted by atomic mass is 19.4. The SMILES string of the molecule is COc1cc([C@@H](C)C(=O)N2CC[C@@]3(COc4cc(-c5nc(C(F)(F)F)n(C)n5)c(C)nc4N3)C2)c(F)cn1. The highest BCUT2D eigenvalue weighted by Crippen LogP contribution is 2.40. The topological polar surface area (TPSA) is 107 Å². The lowest BCUT2D eigenvalue weighted by Crippen LogP contribution is -2.50. The molecule has 10 nitrogen and oxygen atoms in total. The van der Waals surface area contributed by atoms with Gasteiger partial charge in [-0.05, 0) is 26.3 Å². The predicted octanol–water partition coefficient (Wildman–Crippen LogP) is 3.33. The summed E-state index contributed by atoms with van der Waals surface area (Å²) in [6.45, 7) is 4.20. The summed E-state index contributed by atoms with van der Waals surface area (Å²) in [4.78, 5) is 26.9. The molecule has 2 atom stereocenters. The van der Waals surface area contributed by atoms with Crippen molar-refractivity contribution in [2.45, 2.75) is 37.9 Å². The van der Waals surface area contributed by atoms with Crippen LogP contribution in [0.2, 0.25) is 0 Å². The Morgan fingerprint density at radius 3 is 2.74 bits per heavy atom. The lowest BCUT2D eigenvalue weighted by Gasteiger charge is -2.36. The summed E-state index contributed by atoms with van der Waals surface area (Å²) in [5, 5.41) is 7.27. The smallest absolute Gasteiger partial charge is 0.451 e. The zero-order valence-electron chi connectivity index (χ0n) is 21.1. The number of methoxy groups -OCH3 is 1. The first kappa shape index (κ1) is 25.7. The van der Waals surface area contributed by atoms with Gasteiger partial charge in [-0.2, -0.15) is 18.3 Å². The number of anilines is 1. The van der Waals surface area contributed by atoms with E-state index >= 15 is 0 Å². The Morgan fingerprint density at radius 1 is 1.29 bits per heavy atom. The molecule has 2 aliphatic heterocycles. The van der Waals surface area contributed by atoms with Crippen LogP contribution in [0, 0.1) is 12.7 Å². The average molecular weight is 536 g/mol. The lowest BCUT2D eigenvalue weighted by molar-refractivity contribution is -0.147. The number of aromatic nitrogens is 5. The van der Waals surface area contributed by atoms with Crippen molar-refractivity contribution in [3.05, 3.63) is 41.2 Å². The summed E-state index contributed by atoms with van der Waals surface area (Å²) in [6.07, 6.45) is -3.05. The largest absolute Gasteiger partial charge is 0.487 e. The van der Waals surface area contributed by atoms with Crippen molar-refractivity contribution in [2.75, 3.05) is 32.1 Å². The molecule has 1 fully saturated rings. The Balaban J connectivity index is 1.34. The Kier molecular flexibility index (Phi) is 6.15. The summed E-state index contributed by atoms with van der Waals surface area (Å²) < 4.78 is 65.7. The predicted molar refractivity (Wildman–Crippen MR) is 126 cm³/mol. The van der Waals surface area contributed by atoms with Crippen LogP contribution < -0.4 is 14.8 Å². The average Bonchev–Trinajstić information content (AvgIpc) is 3.46. The van der Waals surface area contributed by atoms with E-state index in [-0.39, 0.29) is 29.8 Å². The van der Waals surface area contributed by atoms with Crippen LogP contribution in [0.5, 0.6) is 11.6 Å². The Labute approximate surface area is 215 Å². The van der Waals surface area contributed by atoms with Crippen LogP contribution in [0.1, 0.15) is 36.3 Å². The van der Waals surface area contributed by atoms with Gasteiger partial charge in [0.05, 0.1) is 30.5 Å². The Morgan fingerprint density at radius 2 is 2.05 bits per heavy atom. The van der Waals surface area contributed by atoms with E-state index in [0.717, 1.165) is 6.20 Å². The number of likely N-dealkylation sites (tertiary alicyclic amines) is 1. The first-order valence-electron chi connectivity index (χ1n) is 11.8. The molecule has 1 saturated heterocycles. The number of carbonyl (C=O) groups excluding carboxylic acids is 1. The molecule has 0 saturated carbocycles. The van der Waals surface area contributed by atoms with Crippen LogP contribution in [0.25, 0.3) is 11.4 Å². The van der Waals surface area contributed by atoms with E-state index in [4.69, 9.17) is 9.47 Å². The summed E-state index contributed by atoms with van der Waals surface area (Å²) in [7, 11) is 2.59. The molecule has 0 aromatic carbocycles. The quantitative estimate of drug-likeness (QED) is 0.507. The van der Waals surface area contributed by atoms with Gasteiger partial charge < -0.3 is 19.7 Å². The van der Waals surface area contributed by atoms with Crippen molar-refractivity contribution in [2.24, 2.45) is 7.05 Å². The van der Waals surface area contributed by atoms with E-state index in [9.17, 15) is 22.4 Å². The third kappa shape index (κ3) is 4.47. The fourth-order valence-electron chi connectivity index (χ4n) is 4.83. The molecule has 3 aromatic heterocycles. The molecule has 5 rings (SSSR count). The van der Waals surface area contributed by atoms with Gasteiger partial charge in [0.15, 0.2) is 17.4 Å². The molecule has 0 radical (unpaired) electrons. The number of fused-ring (bicyclic) bond motifs is 1. The number of halogens is 4. The van der Waals surface area contributed by atoms with Crippen LogP contribution in [-0.2, 0) is 18.0 Å². The van der Waals surface area contributed by atoms with Crippen LogP contribution in [0.3, 0.4) is 0 Å². The first-order valence-corrected chi connectivity index (χ1v) is 11.8. The number of hydrogen-bond acceptors (Lipinski definition) is 8. The van der Waals surface area contributed by atoms with E-state index in [2.05, 4.69) is 25.4 Å². The second-order valence-corrected chi connectivity index (χ2v) is 9.52. The minimum Gasteiger partial charge on any atom is -0.487 e. The summed E-state index contributed by atoms with van der Waals surface area (Å²) >= 11 is 0. The number of ether oxygens (including phenoxy) is 2. The van der Waals surface area contributed by atoms with Crippen LogP contribution in [0.4, 0.5) is 23.4 Å². The second kappa shape index (κ2) is 9.10. The molecule has 2 aliphatic rings. The minimum atomic E-state index is -4.64. The number of alkyl halides is 3. The van der Waals surface area contributed by atoms with E-state index in [1.165, 1.54) is 20.2 Å². The van der Waals surface area contributed by atoms with E-state index in [0.29, 0.717) is 47.0 Å². The number of amides is 1. The Hall–Kier alpha value is -3.97. The first-order chi connectivity index (χ1) is 17.9. The van der Waals surface area contributed by atoms with Crippen molar-refractivity contribution in [3.63, 3.8) is 0 Å². The third-order valence-corrected chi connectivity index (χ3v) is 6.89. The van der Waals surface area contributed by atoms with Gasteiger partial charge in [-0.3, -0.25) is 4.79 Å². The minimum absolute atomic E-state index is 0.108. The maximum atomic E-state index is 14.4. The zero-order valence-corrected chi connectivity index (χ0v) is 21.1. The molecule has 1 spiro atoms. The molecule has 0 bridgehead atoms. The van der Waals surface area contributed by atoms with Gasteiger partial charge >= 0.3 is 6.18 Å². The van der Waals surface area contributed by atoms with Crippen molar-refractivity contribution in [1.29, 1.82) is 0 Å².